The van der Waals surface area contributed by atoms with E-state index in [0.717, 1.165) is 23.3 Å². The van der Waals surface area contributed by atoms with Crippen LogP contribution in [0.5, 0.6) is 0 Å². The molecular weight excluding hydrogens is 254 g/mol. The number of benzene rings is 1. The molecule has 0 saturated carbocycles. The smallest absolute Gasteiger partial charge is 0.0748 e. The first-order chi connectivity index (χ1) is 7.24. The second-order valence-corrected chi connectivity index (χ2v) is 4.95. The van der Waals surface area contributed by atoms with Crippen LogP contribution in [0.2, 0.25) is 0 Å². The van der Waals surface area contributed by atoms with Crippen molar-refractivity contribution in [1.82, 2.24) is 0 Å². The lowest BCUT2D eigenvalue weighted by Gasteiger charge is -2.12. The Kier molecular flexibility index (Phi) is 3.65. The molecule has 0 aliphatic carbocycles. The van der Waals surface area contributed by atoms with E-state index in [2.05, 4.69) is 46.4 Å². The number of ether oxygens (including phenoxy) is 1. The summed E-state index contributed by atoms with van der Waals surface area (Å²) in [4.78, 5) is 0. The van der Waals surface area contributed by atoms with Crippen molar-refractivity contribution >= 4 is 21.6 Å². The van der Waals surface area contributed by atoms with Crippen molar-refractivity contribution in [3.05, 3.63) is 28.2 Å². The van der Waals surface area contributed by atoms with E-state index in [4.69, 9.17) is 4.74 Å². The van der Waals surface area contributed by atoms with Gasteiger partial charge >= 0.3 is 0 Å². The van der Waals surface area contributed by atoms with Crippen molar-refractivity contribution in [3.63, 3.8) is 0 Å². The summed E-state index contributed by atoms with van der Waals surface area (Å²) in [6.45, 7) is 3.93. The number of rotatable bonds is 3. The molecule has 1 atom stereocenters. The Labute approximate surface area is 99.1 Å². The minimum atomic E-state index is 0.393. The molecule has 3 heteroatoms. The first-order valence-corrected chi connectivity index (χ1v) is 6.16. The Morgan fingerprint density at radius 2 is 2.33 bits per heavy atom. The third kappa shape index (κ3) is 3.21. The molecule has 2 nitrogen and oxygen atoms in total. The topological polar surface area (TPSA) is 21.3 Å². The predicted octanol–water partition coefficient (Wildman–Crippen LogP) is 3.35. The minimum Gasteiger partial charge on any atom is -0.382 e. The van der Waals surface area contributed by atoms with Crippen LogP contribution in [0.15, 0.2) is 22.7 Å². The lowest BCUT2D eigenvalue weighted by molar-refractivity contribution is 0.120. The maximum absolute atomic E-state index is 5.56. The number of hydrogen-bond acceptors (Lipinski definition) is 2. The van der Waals surface area contributed by atoms with Gasteiger partial charge in [0.2, 0.25) is 0 Å². The fourth-order valence-corrected chi connectivity index (χ4v) is 2.48. The zero-order chi connectivity index (χ0) is 10.7. The summed E-state index contributed by atoms with van der Waals surface area (Å²) in [5, 5.41) is 3.41. The molecule has 0 amide bonds. The van der Waals surface area contributed by atoms with Gasteiger partial charge in [-0.1, -0.05) is 15.9 Å². The molecule has 1 aromatic rings. The molecule has 1 unspecified atom stereocenters. The molecule has 1 N–H and O–H groups in total. The summed E-state index contributed by atoms with van der Waals surface area (Å²) in [5.74, 6) is 0. The lowest BCUT2D eigenvalue weighted by Crippen LogP contribution is -2.18. The highest BCUT2D eigenvalue weighted by Crippen LogP contribution is 2.20. The average molecular weight is 270 g/mol. The fourth-order valence-electron chi connectivity index (χ4n) is 1.88. The second kappa shape index (κ2) is 4.99. The Bertz CT molecular complexity index is 314. The molecule has 1 fully saturated rings. The van der Waals surface area contributed by atoms with Gasteiger partial charge in [-0.15, -0.1) is 0 Å². The van der Waals surface area contributed by atoms with E-state index in [0.29, 0.717) is 6.10 Å². The van der Waals surface area contributed by atoms with Crippen LogP contribution in [0.25, 0.3) is 0 Å². The van der Waals surface area contributed by atoms with Crippen LogP contribution >= 0.6 is 15.9 Å². The van der Waals surface area contributed by atoms with Gasteiger partial charge in [-0.3, -0.25) is 0 Å². The minimum absolute atomic E-state index is 0.393. The van der Waals surface area contributed by atoms with E-state index in [1.807, 2.05) is 0 Å². The Balaban J connectivity index is 1.92. The zero-order valence-corrected chi connectivity index (χ0v) is 10.5. The third-order valence-corrected chi connectivity index (χ3v) is 3.06. The van der Waals surface area contributed by atoms with Gasteiger partial charge in [0.15, 0.2) is 0 Å². The van der Waals surface area contributed by atoms with E-state index in [1.54, 1.807) is 0 Å². The number of hydrogen-bond donors (Lipinski definition) is 1. The number of anilines is 1. The Hall–Kier alpha value is -0.540. The van der Waals surface area contributed by atoms with Crippen LogP contribution in [0.4, 0.5) is 5.69 Å². The Morgan fingerprint density at radius 3 is 3.00 bits per heavy atom. The van der Waals surface area contributed by atoms with Crippen molar-refractivity contribution < 1.29 is 4.74 Å². The maximum Gasteiger partial charge on any atom is 0.0748 e. The Morgan fingerprint density at radius 1 is 1.47 bits per heavy atom. The highest BCUT2D eigenvalue weighted by molar-refractivity contribution is 9.10. The monoisotopic (exact) mass is 269 g/mol. The summed E-state index contributed by atoms with van der Waals surface area (Å²) >= 11 is 3.50. The fraction of sp³-hybridized carbons (Fsp3) is 0.500. The van der Waals surface area contributed by atoms with Crippen LogP contribution in [0.3, 0.4) is 0 Å². The first-order valence-electron chi connectivity index (χ1n) is 5.37. The van der Waals surface area contributed by atoms with E-state index in [9.17, 15) is 0 Å². The molecule has 82 valence electrons. The molecule has 0 bridgehead atoms. The average Bonchev–Trinajstić information content (AvgIpc) is 2.65. The first kappa shape index (κ1) is 11.0. The molecule has 0 aromatic heterocycles. The number of aryl methyl sites for hydroxylation is 1. The molecule has 1 aliphatic rings. The standard InChI is InChI=1S/C12H16BrNO/c1-9-5-10(13)7-11(6-9)14-8-12-3-2-4-15-12/h5-7,12,14H,2-4,8H2,1H3. The molecule has 1 aliphatic heterocycles. The van der Waals surface area contributed by atoms with E-state index >= 15 is 0 Å². The van der Waals surface area contributed by atoms with Crippen molar-refractivity contribution in [2.45, 2.75) is 25.9 Å². The van der Waals surface area contributed by atoms with Gasteiger partial charge in [-0.05, 0) is 43.5 Å². The van der Waals surface area contributed by atoms with Gasteiger partial charge in [-0.25, -0.2) is 0 Å². The molecule has 2 rings (SSSR count). The van der Waals surface area contributed by atoms with Gasteiger partial charge in [-0.2, -0.15) is 0 Å². The van der Waals surface area contributed by atoms with Crippen molar-refractivity contribution in [2.75, 3.05) is 18.5 Å². The molecule has 0 radical (unpaired) electrons. The molecule has 1 aromatic carbocycles. The second-order valence-electron chi connectivity index (χ2n) is 4.03. The number of halogens is 1. The quantitative estimate of drug-likeness (QED) is 0.909. The van der Waals surface area contributed by atoms with Crippen LogP contribution in [0, 0.1) is 6.92 Å². The predicted molar refractivity (Wildman–Crippen MR) is 66.3 cm³/mol. The van der Waals surface area contributed by atoms with Gasteiger partial charge < -0.3 is 10.1 Å². The number of nitrogens with one attached hydrogen (secondary N) is 1. The van der Waals surface area contributed by atoms with E-state index in [1.165, 1.54) is 18.4 Å². The van der Waals surface area contributed by atoms with E-state index < -0.39 is 0 Å². The van der Waals surface area contributed by atoms with Gasteiger partial charge in [0.25, 0.3) is 0 Å². The van der Waals surface area contributed by atoms with Gasteiger partial charge in [0.1, 0.15) is 0 Å². The third-order valence-electron chi connectivity index (χ3n) is 2.60. The lowest BCUT2D eigenvalue weighted by atomic mass is 10.2. The summed E-state index contributed by atoms with van der Waals surface area (Å²) in [6, 6.07) is 6.36. The molecule has 15 heavy (non-hydrogen) atoms. The van der Waals surface area contributed by atoms with Crippen LogP contribution in [-0.2, 0) is 4.74 Å². The molecule has 1 heterocycles. The van der Waals surface area contributed by atoms with Crippen molar-refractivity contribution in [3.8, 4) is 0 Å². The van der Waals surface area contributed by atoms with Crippen molar-refractivity contribution in [2.24, 2.45) is 0 Å². The van der Waals surface area contributed by atoms with Crippen LogP contribution in [-0.4, -0.2) is 19.3 Å². The SMILES string of the molecule is Cc1cc(Br)cc(NCC2CCCO2)c1. The molecule has 1 saturated heterocycles. The summed E-state index contributed by atoms with van der Waals surface area (Å²) < 4.78 is 6.68. The van der Waals surface area contributed by atoms with E-state index in [-0.39, 0.29) is 0 Å². The normalized spacial score (nSPS) is 20.5. The van der Waals surface area contributed by atoms with Crippen molar-refractivity contribution in [1.29, 1.82) is 0 Å². The van der Waals surface area contributed by atoms with Gasteiger partial charge in [0, 0.05) is 23.3 Å². The summed E-state index contributed by atoms with van der Waals surface area (Å²) in [6.07, 6.45) is 2.77. The largest absolute Gasteiger partial charge is 0.382 e. The summed E-state index contributed by atoms with van der Waals surface area (Å²) in [5.41, 5.74) is 2.43. The molecular formula is C12H16BrNO. The van der Waals surface area contributed by atoms with Crippen LogP contribution in [0.1, 0.15) is 18.4 Å². The van der Waals surface area contributed by atoms with Gasteiger partial charge in [0.05, 0.1) is 6.10 Å². The molecule has 0 spiro atoms. The maximum atomic E-state index is 5.56. The van der Waals surface area contributed by atoms with Crippen LogP contribution < -0.4 is 5.32 Å². The highest BCUT2D eigenvalue weighted by atomic mass is 79.9. The zero-order valence-electron chi connectivity index (χ0n) is 8.92. The summed E-state index contributed by atoms with van der Waals surface area (Å²) in [7, 11) is 0. The highest BCUT2D eigenvalue weighted by Gasteiger charge is 2.14.